The molecule has 0 N–H and O–H groups in total. The average Bonchev–Trinajstić information content (AvgIpc) is 2.42. The number of nitrogens with zero attached hydrogens (tertiary/aromatic N) is 4. The molecule has 0 aliphatic rings. The molecule has 0 bridgehead atoms. The van der Waals surface area contributed by atoms with E-state index in [9.17, 15) is 18.0 Å². The van der Waals surface area contributed by atoms with Gasteiger partial charge in [0.2, 0.25) is 5.28 Å². The normalized spacial score (nSPS) is 12.5. The highest BCUT2D eigenvalue weighted by molar-refractivity contribution is 6.28. The summed E-state index contributed by atoms with van der Waals surface area (Å²) >= 11 is 5.55. The van der Waals surface area contributed by atoms with Gasteiger partial charge in [-0.1, -0.05) is 6.07 Å². The molecule has 0 aliphatic carbocycles. The maximum atomic E-state index is 12.3. The molecule has 0 atom stereocenters. The summed E-state index contributed by atoms with van der Waals surface area (Å²) in [5, 5.41) is 0.0639. The Bertz CT molecular complexity index is 709. The van der Waals surface area contributed by atoms with Crippen LogP contribution in [-0.2, 0) is 11.3 Å². The van der Waals surface area contributed by atoms with Crippen LogP contribution in [0.4, 0.5) is 13.2 Å². The number of amides is 1. The lowest BCUT2D eigenvalue weighted by Crippen LogP contribution is -2.27. The van der Waals surface area contributed by atoms with Gasteiger partial charge in [-0.05, 0) is 23.7 Å². The van der Waals surface area contributed by atoms with Crippen LogP contribution < -0.4 is 5.49 Å². The van der Waals surface area contributed by atoms with Crippen molar-refractivity contribution in [3.63, 3.8) is 0 Å². The molecule has 0 unspecified atom stereocenters. The van der Waals surface area contributed by atoms with Crippen molar-refractivity contribution in [2.45, 2.75) is 12.7 Å². The Morgan fingerprint density at radius 1 is 1.29 bits per heavy atom. The van der Waals surface area contributed by atoms with Crippen LogP contribution >= 0.6 is 11.6 Å². The third kappa shape index (κ3) is 4.12. The van der Waals surface area contributed by atoms with Crippen LogP contribution in [0.2, 0.25) is 5.28 Å². The van der Waals surface area contributed by atoms with Gasteiger partial charge in [-0.25, -0.2) is 9.97 Å². The quantitative estimate of drug-likeness (QED) is 0.796. The fraction of sp³-hybridized carbons (Fsp3) is 0.167. The van der Waals surface area contributed by atoms with Gasteiger partial charge in [0.1, 0.15) is 5.49 Å². The fourth-order valence-corrected chi connectivity index (χ4v) is 1.58. The molecule has 21 heavy (non-hydrogen) atoms. The van der Waals surface area contributed by atoms with Crippen LogP contribution in [-0.4, -0.2) is 26.6 Å². The van der Waals surface area contributed by atoms with Gasteiger partial charge in [-0.2, -0.15) is 18.2 Å². The molecule has 2 rings (SSSR count). The Morgan fingerprint density at radius 2 is 1.95 bits per heavy atom. The van der Waals surface area contributed by atoms with E-state index in [-0.39, 0.29) is 17.3 Å². The molecule has 0 spiro atoms. The molecule has 0 saturated heterocycles. The van der Waals surface area contributed by atoms with Crippen LogP contribution in [0, 0.1) is 0 Å². The highest BCUT2D eigenvalue weighted by Gasteiger charge is 2.38. The van der Waals surface area contributed by atoms with Gasteiger partial charge in [-0.3, -0.25) is 4.79 Å². The first-order valence-corrected chi connectivity index (χ1v) is 6.02. The molecule has 0 fully saturated rings. The summed E-state index contributed by atoms with van der Waals surface area (Å²) in [7, 11) is 0. The lowest BCUT2D eigenvalue weighted by atomic mass is 10.3. The molecule has 2 aromatic rings. The van der Waals surface area contributed by atoms with E-state index in [2.05, 4.69) is 15.0 Å². The van der Waals surface area contributed by atoms with Gasteiger partial charge < -0.3 is 4.57 Å². The van der Waals surface area contributed by atoms with E-state index in [0.29, 0.717) is 5.56 Å². The van der Waals surface area contributed by atoms with E-state index < -0.39 is 12.1 Å². The van der Waals surface area contributed by atoms with Crippen LogP contribution in [0.3, 0.4) is 0 Å². The predicted molar refractivity (Wildman–Crippen MR) is 67.2 cm³/mol. The smallest absolute Gasteiger partial charge is 0.328 e. The minimum absolute atomic E-state index is 0.0639. The molecule has 0 aromatic carbocycles. The van der Waals surface area contributed by atoms with Crippen molar-refractivity contribution < 1.29 is 18.0 Å². The van der Waals surface area contributed by atoms with Crippen molar-refractivity contribution in [2.24, 2.45) is 4.99 Å². The van der Waals surface area contributed by atoms with Crippen LogP contribution in [0.5, 0.6) is 0 Å². The Balaban J connectivity index is 2.35. The zero-order valence-electron chi connectivity index (χ0n) is 10.4. The summed E-state index contributed by atoms with van der Waals surface area (Å²) in [6.07, 6.45) is -0.635. The van der Waals surface area contributed by atoms with Gasteiger partial charge >= 0.3 is 12.1 Å². The molecular formula is C12H8ClF3N4O. The number of hydrogen-bond donors (Lipinski definition) is 0. The maximum Gasteiger partial charge on any atom is 0.473 e. The monoisotopic (exact) mass is 316 g/mol. The summed E-state index contributed by atoms with van der Waals surface area (Å²) in [5.74, 6) is -2.16. The van der Waals surface area contributed by atoms with Gasteiger partial charge in [0, 0.05) is 24.2 Å². The minimum Gasteiger partial charge on any atom is -0.328 e. The molecule has 1 amide bonds. The molecule has 2 aromatic heterocycles. The van der Waals surface area contributed by atoms with Crippen LogP contribution in [0.15, 0.2) is 41.8 Å². The number of carbonyl (C=O) groups is 1. The summed E-state index contributed by atoms with van der Waals surface area (Å²) in [6.45, 7) is 0.155. The lowest BCUT2D eigenvalue weighted by molar-refractivity contribution is -0.169. The third-order valence-electron chi connectivity index (χ3n) is 2.40. The third-order valence-corrected chi connectivity index (χ3v) is 2.60. The Kier molecular flexibility index (Phi) is 4.37. The van der Waals surface area contributed by atoms with Crippen molar-refractivity contribution in [2.75, 3.05) is 0 Å². The molecule has 5 nitrogen and oxygen atoms in total. The summed E-state index contributed by atoms with van der Waals surface area (Å²) in [6, 6.07) is 4.39. The second kappa shape index (κ2) is 6.04. The Morgan fingerprint density at radius 3 is 2.57 bits per heavy atom. The minimum atomic E-state index is -5.00. The van der Waals surface area contributed by atoms with Crippen molar-refractivity contribution in [1.29, 1.82) is 0 Å². The van der Waals surface area contributed by atoms with E-state index in [0.717, 1.165) is 0 Å². The summed E-state index contributed by atoms with van der Waals surface area (Å²) in [4.78, 5) is 21.5. The van der Waals surface area contributed by atoms with Crippen molar-refractivity contribution in [1.82, 2.24) is 14.5 Å². The van der Waals surface area contributed by atoms with E-state index in [1.54, 1.807) is 6.07 Å². The van der Waals surface area contributed by atoms with Crippen molar-refractivity contribution in [3.8, 4) is 0 Å². The second-order valence-corrected chi connectivity index (χ2v) is 4.30. The zero-order chi connectivity index (χ0) is 15.5. The topological polar surface area (TPSA) is 60.1 Å². The molecule has 0 saturated carbocycles. The SMILES string of the molecule is O=C(N=c1ccccn1Cc1cnc(Cl)nc1)C(F)(F)F. The van der Waals surface area contributed by atoms with Gasteiger partial charge in [0.15, 0.2) is 0 Å². The first-order chi connectivity index (χ1) is 9.86. The zero-order valence-corrected chi connectivity index (χ0v) is 11.1. The summed E-state index contributed by atoms with van der Waals surface area (Å²) in [5.41, 5.74) is 0.487. The highest BCUT2D eigenvalue weighted by Crippen LogP contribution is 2.15. The fourth-order valence-electron chi connectivity index (χ4n) is 1.49. The van der Waals surface area contributed by atoms with Crippen molar-refractivity contribution >= 4 is 17.5 Å². The van der Waals surface area contributed by atoms with Gasteiger partial charge in [0.25, 0.3) is 0 Å². The standard InChI is InChI=1S/C12H8ClF3N4O/c13-11-17-5-8(6-18-11)7-20-4-2-1-3-9(20)19-10(21)12(14,15)16/h1-6H,7H2. The van der Waals surface area contributed by atoms with E-state index >= 15 is 0 Å². The molecule has 2 heterocycles. The summed E-state index contributed by atoms with van der Waals surface area (Å²) < 4.78 is 38.1. The van der Waals surface area contributed by atoms with E-state index in [1.165, 1.54) is 35.3 Å². The number of carbonyl (C=O) groups excluding carboxylic acids is 1. The Hall–Kier alpha value is -2.22. The lowest BCUT2D eigenvalue weighted by Gasteiger charge is -2.07. The molecule has 0 radical (unpaired) electrons. The second-order valence-electron chi connectivity index (χ2n) is 3.96. The molecular weight excluding hydrogens is 309 g/mol. The number of pyridine rings is 1. The first kappa shape index (κ1) is 15.2. The number of alkyl halides is 3. The molecule has 0 aliphatic heterocycles. The Labute approximate surface area is 121 Å². The molecule has 110 valence electrons. The van der Waals surface area contributed by atoms with Gasteiger partial charge in [0.05, 0.1) is 6.54 Å². The van der Waals surface area contributed by atoms with Gasteiger partial charge in [-0.15, -0.1) is 0 Å². The number of halogens is 4. The number of aromatic nitrogens is 3. The van der Waals surface area contributed by atoms with Crippen LogP contribution in [0.1, 0.15) is 5.56 Å². The number of rotatable bonds is 2. The average molecular weight is 317 g/mol. The maximum absolute atomic E-state index is 12.3. The van der Waals surface area contributed by atoms with E-state index in [1.807, 2.05) is 0 Å². The highest BCUT2D eigenvalue weighted by atomic mass is 35.5. The predicted octanol–water partition coefficient (Wildman–Crippen LogP) is 1.97. The number of hydrogen-bond acceptors (Lipinski definition) is 3. The van der Waals surface area contributed by atoms with E-state index in [4.69, 9.17) is 11.6 Å². The first-order valence-electron chi connectivity index (χ1n) is 5.64. The van der Waals surface area contributed by atoms with Crippen molar-refractivity contribution in [3.05, 3.63) is 53.1 Å². The molecule has 9 heteroatoms. The largest absolute Gasteiger partial charge is 0.473 e. The van der Waals surface area contributed by atoms with Crippen LogP contribution in [0.25, 0.3) is 0 Å².